The number of ether oxygens (including phenoxy) is 2. The molecule has 196 valence electrons. The highest BCUT2D eigenvalue weighted by Crippen LogP contribution is 2.32. The fourth-order valence-corrected chi connectivity index (χ4v) is 5.03. The van der Waals surface area contributed by atoms with E-state index in [4.69, 9.17) is 21.1 Å². The van der Waals surface area contributed by atoms with Crippen LogP contribution in [0.25, 0.3) is 0 Å². The van der Waals surface area contributed by atoms with Crippen molar-refractivity contribution >= 4 is 29.2 Å². The number of aliphatic hydroxyl groups is 1. The van der Waals surface area contributed by atoms with Gasteiger partial charge in [-0.15, -0.1) is 0 Å². The molecule has 9 heteroatoms. The van der Waals surface area contributed by atoms with Gasteiger partial charge in [-0.1, -0.05) is 31.5 Å². The van der Waals surface area contributed by atoms with Gasteiger partial charge in [0.25, 0.3) is 0 Å². The van der Waals surface area contributed by atoms with Gasteiger partial charge in [-0.25, -0.2) is 4.79 Å². The number of benzene rings is 1. The quantitative estimate of drug-likeness (QED) is 0.643. The smallest absolute Gasteiger partial charge is 0.321 e. The molecule has 0 bridgehead atoms. The molecule has 0 radical (unpaired) electrons. The largest absolute Gasteiger partial charge is 0.391 e. The first kappa shape index (κ1) is 27.7. The number of piperidine rings is 1. The van der Waals surface area contributed by atoms with Crippen molar-refractivity contribution in [2.45, 2.75) is 45.6 Å². The second kappa shape index (κ2) is 12.9. The number of fused-ring (bicyclic) bond motifs is 1. The average molecular weight is 510 g/mol. The average Bonchev–Trinajstić information content (AvgIpc) is 2.82. The van der Waals surface area contributed by atoms with Crippen LogP contribution in [0.5, 0.6) is 0 Å². The number of likely N-dealkylation sites (tertiary alicyclic amines) is 1. The summed E-state index contributed by atoms with van der Waals surface area (Å²) in [6.45, 7) is 7.23. The zero-order chi connectivity index (χ0) is 25.4. The van der Waals surface area contributed by atoms with Gasteiger partial charge in [0, 0.05) is 62.4 Å². The van der Waals surface area contributed by atoms with E-state index in [1.165, 1.54) is 0 Å². The molecule has 1 aromatic carbocycles. The molecule has 8 nitrogen and oxygen atoms in total. The number of methoxy groups -OCH3 is 1. The Kier molecular flexibility index (Phi) is 10.2. The molecule has 2 heterocycles. The minimum atomic E-state index is -0.697. The van der Waals surface area contributed by atoms with Gasteiger partial charge in [-0.3, -0.25) is 4.79 Å². The lowest BCUT2D eigenvalue weighted by Gasteiger charge is -2.39. The number of urea groups is 1. The van der Waals surface area contributed by atoms with Crippen LogP contribution >= 0.6 is 11.6 Å². The molecule has 3 atom stereocenters. The predicted octanol–water partition coefficient (Wildman–Crippen LogP) is 3.87. The molecule has 2 N–H and O–H groups in total. The topological polar surface area (TPSA) is 91.3 Å². The standard InChI is InChI=1S/C26H40ClN3O5/c1-26(2)18-35-12-5-6-20-16-30(25(33)28-22-8-4-7-21(27)15-22)10-9-19(20)14-24(32)29(11-13-34-3)17-23(26)31/h4,7-8,15,19-20,23,31H,5-6,9-14,16-18H2,1-3H3,(H,28,33)/t19-,20-,23-/m0/s1. The second-order valence-electron chi connectivity index (χ2n) is 10.4. The van der Waals surface area contributed by atoms with Crippen molar-refractivity contribution in [3.8, 4) is 0 Å². The molecule has 0 aromatic heterocycles. The number of carbonyl (C=O) groups excluding carboxylic acids is 2. The van der Waals surface area contributed by atoms with Crippen LogP contribution in [0.15, 0.2) is 24.3 Å². The third-order valence-corrected chi connectivity index (χ3v) is 7.48. The molecule has 1 aromatic rings. The molecule has 0 aliphatic carbocycles. The Morgan fingerprint density at radius 2 is 2.09 bits per heavy atom. The molecule has 35 heavy (non-hydrogen) atoms. The Morgan fingerprint density at radius 1 is 1.29 bits per heavy atom. The van der Waals surface area contributed by atoms with Crippen LogP contribution < -0.4 is 5.32 Å². The van der Waals surface area contributed by atoms with E-state index in [2.05, 4.69) is 5.32 Å². The highest BCUT2D eigenvalue weighted by molar-refractivity contribution is 6.30. The fraction of sp³-hybridized carbons (Fsp3) is 0.692. The number of amides is 3. The molecule has 2 aliphatic heterocycles. The summed E-state index contributed by atoms with van der Waals surface area (Å²) in [6, 6.07) is 6.97. The van der Waals surface area contributed by atoms with Crippen LogP contribution in [-0.4, -0.2) is 86.1 Å². The summed E-state index contributed by atoms with van der Waals surface area (Å²) in [7, 11) is 1.61. The summed E-state index contributed by atoms with van der Waals surface area (Å²) in [5, 5.41) is 14.4. The number of β-amino-alcohol motifs (C(OH)–C–C–N with tert-alkyl or cyclic N) is 1. The highest BCUT2D eigenvalue weighted by Gasteiger charge is 2.36. The lowest BCUT2D eigenvalue weighted by molar-refractivity contribution is -0.137. The fourth-order valence-electron chi connectivity index (χ4n) is 4.84. The second-order valence-corrected chi connectivity index (χ2v) is 10.9. The van der Waals surface area contributed by atoms with E-state index in [9.17, 15) is 14.7 Å². The third-order valence-electron chi connectivity index (χ3n) is 7.24. The van der Waals surface area contributed by atoms with Crippen LogP contribution in [-0.2, 0) is 14.3 Å². The van der Waals surface area contributed by atoms with Crippen molar-refractivity contribution < 1.29 is 24.2 Å². The van der Waals surface area contributed by atoms with Gasteiger partial charge in [-0.05, 0) is 49.3 Å². The SMILES string of the molecule is COCCN1C[C@H](O)C(C)(C)COCCC[C@H]2CN(C(=O)Nc3cccc(Cl)c3)CC[C@H]2CC1=O. The Labute approximate surface area is 213 Å². The first-order chi connectivity index (χ1) is 16.7. The van der Waals surface area contributed by atoms with Gasteiger partial charge in [0.1, 0.15) is 0 Å². The Bertz CT molecular complexity index is 852. The van der Waals surface area contributed by atoms with Gasteiger partial charge >= 0.3 is 6.03 Å². The predicted molar refractivity (Wildman–Crippen MR) is 137 cm³/mol. The lowest BCUT2D eigenvalue weighted by Crippen LogP contribution is -2.48. The summed E-state index contributed by atoms with van der Waals surface area (Å²) < 4.78 is 11.1. The Hall–Kier alpha value is -1.87. The molecule has 0 unspecified atom stereocenters. The molecule has 3 rings (SSSR count). The molecular weight excluding hydrogens is 470 g/mol. The van der Waals surface area contributed by atoms with E-state index in [-0.39, 0.29) is 30.3 Å². The molecule has 2 fully saturated rings. The third kappa shape index (κ3) is 8.07. The van der Waals surface area contributed by atoms with Crippen LogP contribution in [0.2, 0.25) is 5.02 Å². The molecule has 2 saturated heterocycles. The summed E-state index contributed by atoms with van der Waals surface area (Å²) in [4.78, 5) is 29.9. The number of carbonyl (C=O) groups is 2. The van der Waals surface area contributed by atoms with E-state index >= 15 is 0 Å². The maximum absolute atomic E-state index is 13.3. The maximum Gasteiger partial charge on any atom is 0.321 e. The summed E-state index contributed by atoms with van der Waals surface area (Å²) in [5.41, 5.74) is 0.194. The highest BCUT2D eigenvalue weighted by atomic mass is 35.5. The Balaban J connectivity index is 1.70. The van der Waals surface area contributed by atoms with Crippen molar-refractivity contribution in [2.75, 3.05) is 58.4 Å². The number of rotatable bonds is 4. The van der Waals surface area contributed by atoms with Crippen molar-refractivity contribution in [3.05, 3.63) is 29.3 Å². The number of hydrogen-bond acceptors (Lipinski definition) is 5. The van der Waals surface area contributed by atoms with Crippen molar-refractivity contribution in [1.82, 2.24) is 9.80 Å². The van der Waals surface area contributed by atoms with Crippen molar-refractivity contribution in [1.29, 1.82) is 0 Å². The van der Waals surface area contributed by atoms with E-state index in [0.717, 1.165) is 19.3 Å². The summed E-state index contributed by atoms with van der Waals surface area (Å²) in [6.07, 6.45) is 2.19. The first-order valence-electron chi connectivity index (χ1n) is 12.5. The normalized spacial score (nSPS) is 26.2. The van der Waals surface area contributed by atoms with Crippen LogP contribution in [0, 0.1) is 17.3 Å². The van der Waals surface area contributed by atoms with Gasteiger partial charge in [-0.2, -0.15) is 0 Å². The van der Waals surface area contributed by atoms with Gasteiger partial charge in [0.15, 0.2) is 0 Å². The summed E-state index contributed by atoms with van der Waals surface area (Å²) >= 11 is 6.05. The zero-order valence-electron chi connectivity index (χ0n) is 21.2. The monoisotopic (exact) mass is 509 g/mol. The summed E-state index contributed by atoms with van der Waals surface area (Å²) in [5.74, 6) is 0.405. The number of anilines is 1. The number of halogens is 1. The number of nitrogens with one attached hydrogen (secondary N) is 1. The van der Waals surface area contributed by atoms with Crippen LogP contribution in [0.1, 0.15) is 39.5 Å². The van der Waals surface area contributed by atoms with Gasteiger partial charge in [0.2, 0.25) is 5.91 Å². The Morgan fingerprint density at radius 3 is 2.83 bits per heavy atom. The van der Waals surface area contributed by atoms with E-state index in [1.807, 2.05) is 24.8 Å². The molecule has 0 saturated carbocycles. The zero-order valence-corrected chi connectivity index (χ0v) is 21.9. The maximum atomic E-state index is 13.3. The van der Waals surface area contributed by atoms with Crippen molar-refractivity contribution in [2.24, 2.45) is 17.3 Å². The van der Waals surface area contributed by atoms with Crippen LogP contribution in [0.4, 0.5) is 10.5 Å². The van der Waals surface area contributed by atoms with E-state index in [1.54, 1.807) is 30.2 Å². The molecule has 2 aliphatic rings. The number of nitrogens with zero attached hydrogens (tertiary/aromatic N) is 2. The molecule has 3 amide bonds. The van der Waals surface area contributed by atoms with Crippen LogP contribution in [0.3, 0.4) is 0 Å². The molecular formula is C26H40ClN3O5. The minimum absolute atomic E-state index is 0.0314. The van der Waals surface area contributed by atoms with E-state index in [0.29, 0.717) is 56.6 Å². The lowest BCUT2D eigenvalue weighted by atomic mass is 9.80. The number of hydrogen-bond donors (Lipinski definition) is 2. The minimum Gasteiger partial charge on any atom is -0.391 e. The number of aliphatic hydroxyl groups excluding tert-OH is 1. The van der Waals surface area contributed by atoms with Crippen molar-refractivity contribution in [3.63, 3.8) is 0 Å². The van der Waals surface area contributed by atoms with E-state index < -0.39 is 11.5 Å². The van der Waals surface area contributed by atoms with Gasteiger partial charge < -0.3 is 29.7 Å². The molecule has 0 spiro atoms. The first-order valence-corrected chi connectivity index (χ1v) is 12.9. The van der Waals surface area contributed by atoms with Gasteiger partial charge in [0.05, 0.1) is 19.3 Å².